The first-order valence-corrected chi connectivity index (χ1v) is 9.59. The number of hydrogen-bond acceptors (Lipinski definition) is 7. The average molecular weight is 418 g/mol. The van der Waals surface area contributed by atoms with Crippen molar-refractivity contribution in [3.05, 3.63) is 84.1 Å². The molecule has 0 atom stereocenters. The van der Waals surface area contributed by atoms with E-state index in [0.717, 1.165) is 5.56 Å². The Morgan fingerprint density at radius 2 is 1.94 bits per heavy atom. The fourth-order valence-electron chi connectivity index (χ4n) is 3.06. The highest BCUT2D eigenvalue weighted by atomic mass is 16.7. The first-order chi connectivity index (χ1) is 15.2. The van der Waals surface area contributed by atoms with Crippen molar-refractivity contribution in [1.82, 2.24) is 14.8 Å². The Kier molecular flexibility index (Phi) is 4.97. The summed E-state index contributed by atoms with van der Waals surface area (Å²) in [6, 6.07) is 18.4. The Morgan fingerprint density at radius 1 is 1.06 bits per heavy atom. The second kappa shape index (κ2) is 8.23. The van der Waals surface area contributed by atoms with E-state index >= 15 is 0 Å². The minimum atomic E-state index is -0.438. The molecule has 156 valence electrons. The molecule has 2 aromatic heterocycles. The summed E-state index contributed by atoms with van der Waals surface area (Å²) in [5.74, 6) is 2.34. The molecule has 9 nitrogen and oxygen atoms in total. The van der Waals surface area contributed by atoms with E-state index in [1.807, 2.05) is 30.3 Å². The number of fused-ring (bicyclic) bond motifs is 1. The second-order valence-corrected chi connectivity index (χ2v) is 6.78. The van der Waals surface area contributed by atoms with Crippen LogP contribution in [-0.2, 0) is 13.2 Å². The standard InChI is InChI=1S/C22H18N4O5/c27-21(24-22-23-13-26(25-22)11-15-4-2-1-3-5-15)19-9-7-17(31-19)12-28-16-6-8-18-20(10-16)30-14-29-18/h1-10,13H,11-12,14H2,(H,24,25,27). The maximum Gasteiger partial charge on any atom is 0.293 e. The normalized spacial score (nSPS) is 12.0. The summed E-state index contributed by atoms with van der Waals surface area (Å²) in [6.45, 7) is 0.928. The van der Waals surface area contributed by atoms with Gasteiger partial charge in [0.2, 0.25) is 12.7 Å². The number of carbonyl (C=O) groups is 1. The van der Waals surface area contributed by atoms with Crippen LogP contribution in [0.15, 0.2) is 71.4 Å². The number of aromatic nitrogens is 3. The molecule has 0 saturated heterocycles. The third-order valence-electron chi connectivity index (χ3n) is 4.56. The van der Waals surface area contributed by atoms with Crippen molar-refractivity contribution in [2.45, 2.75) is 13.2 Å². The van der Waals surface area contributed by atoms with Crippen LogP contribution in [0.5, 0.6) is 17.2 Å². The molecule has 0 fully saturated rings. The SMILES string of the molecule is O=C(Nc1ncn(Cc2ccccc2)n1)c1ccc(COc2ccc3c(c2)OCO3)o1. The van der Waals surface area contributed by atoms with Gasteiger partial charge < -0.3 is 18.6 Å². The van der Waals surface area contributed by atoms with E-state index < -0.39 is 5.91 Å². The van der Waals surface area contributed by atoms with Gasteiger partial charge in [-0.3, -0.25) is 10.1 Å². The lowest BCUT2D eigenvalue weighted by molar-refractivity contribution is 0.0991. The minimum Gasteiger partial charge on any atom is -0.486 e. The van der Waals surface area contributed by atoms with Crippen molar-refractivity contribution in [2.75, 3.05) is 12.1 Å². The van der Waals surface area contributed by atoms with Gasteiger partial charge in [-0.15, -0.1) is 5.10 Å². The first-order valence-electron chi connectivity index (χ1n) is 9.59. The zero-order chi connectivity index (χ0) is 21.0. The smallest absolute Gasteiger partial charge is 0.293 e. The largest absolute Gasteiger partial charge is 0.486 e. The zero-order valence-electron chi connectivity index (χ0n) is 16.4. The molecule has 0 aliphatic carbocycles. The summed E-state index contributed by atoms with van der Waals surface area (Å²) in [5.41, 5.74) is 1.09. The van der Waals surface area contributed by atoms with E-state index in [-0.39, 0.29) is 25.1 Å². The number of anilines is 1. The van der Waals surface area contributed by atoms with Crippen LogP contribution in [0.1, 0.15) is 21.9 Å². The summed E-state index contributed by atoms with van der Waals surface area (Å²) in [4.78, 5) is 16.6. The third-order valence-corrected chi connectivity index (χ3v) is 4.56. The van der Waals surface area contributed by atoms with Crippen LogP contribution in [0.25, 0.3) is 0 Å². The number of ether oxygens (including phenoxy) is 3. The van der Waals surface area contributed by atoms with Crippen molar-refractivity contribution in [2.24, 2.45) is 0 Å². The van der Waals surface area contributed by atoms with Gasteiger partial charge in [-0.05, 0) is 29.8 Å². The second-order valence-electron chi connectivity index (χ2n) is 6.78. The molecule has 1 amide bonds. The van der Waals surface area contributed by atoms with Gasteiger partial charge in [0, 0.05) is 6.07 Å². The van der Waals surface area contributed by atoms with Crippen LogP contribution in [0.4, 0.5) is 5.95 Å². The maximum atomic E-state index is 12.4. The molecule has 9 heteroatoms. The molecule has 3 heterocycles. The topological polar surface area (TPSA) is 101 Å². The lowest BCUT2D eigenvalue weighted by Crippen LogP contribution is -2.12. The average Bonchev–Trinajstić information content (AvgIpc) is 3.54. The van der Waals surface area contributed by atoms with Crippen LogP contribution in [0.3, 0.4) is 0 Å². The van der Waals surface area contributed by atoms with Crippen LogP contribution in [-0.4, -0.2) is 27.5 Å². The summed E-state index contributed by atoms with van der Waals surface area (Å²) >= 11 is 0. The predicted octanol–water partition coefficient (Wildman–Crippen LogP) is 3.48. The summed E-state index contributed by atoms with van der Waals surface area (Å²) in [5, 5.41) is 6.90. The lowest BCUT2D eigenvalue weighted by atomic mass is 10.2. The molecular weight excluding hydrogens is 400 g/mol. The molecule has 0 radical (unpaired) electrons. The first kappa shape index (κ1) is 18.7. The van der Waals surface area contributed by atoms with E-state index in [1.165, 1.54) is 0 Å². The quantitative estimate of drug-likeness (QED) is 0.490. The van der Waals surface area contributed by atoms with Gasteiger partial charge in [-0.25, -0.2) is 9.67 Å². The maximum absolute atomic E-state index is 12.4. The molecule has 0 bridgehead atoms. The number of carbonyl (C=O) groups excluding carboxylic acids is 1. The predicted molar refractivity (Wildman–Crippen MR) is 109 cm³/mol. The minimum absolute atomic E-state index is 0.142. The fraction of sp³-hybridized carbons (Fsp3) is 0.136. The number of furan rings is 1. The lowest BCUT2D eigenvalue weighted by Gasteiger charge is -2.05. The van der Waals surface area contributed by atoms with E-state index in [1.54, 1.807) is 41.3 Å². The number of nitrogens with one attached hydrogen (secondary N) is 1. The van der Waals surface area contributed by atoms with Crippen molar-refractivity contribution in [1.29, 1.82) is 0 Å². The summed E-state index contributed by atoms with van der Waals surface area (Å²) in [7, 11) is 0. The van der Waals surface area contributed by atoms with E-state index in [9.17, 15) is 4.79 Å². The van der Waals surface area contributed by atoms with E-state index in [2.05, 4.69) is 15.4 Å². The molecule has 0 unspecified atom stereocenters. The molecule has 4 aromatic rings. The van der Waals surface area contributed by atoms with E-state index in [4.69, 9.17) is 18.6 Å². The van der Waals surface area contributed by atoms with Gasteiger partial charge in [0.1, 0.15) is 24.4 Å². The van der Waals surface area contributed by atoms with Gasteiger partial charge in [-0.2, -0.15) is 0 Å². The Hall–Kier alpha value is -4.27. The zero-order valence-corrected chi connectivity index (χ0v) is 16.4. The molecule has 5 rings (SSSR count). The van der Waals surface area contributed by atoms with Gasteiger partial charge in [0.15, 0.2) is 17.3 Å². The van der Waals surface area contributed by atoms with Crippen LogP contribution in [0, 0.1) is 0 Å². The molecule has 1 aliphatic rings. The number of nitrogens with zero attached hydrogens (tertiary/aromatic N) is 3. The van der Waals surface area contributed by atoms with Gasteiger partial charge in [0.25, 0.3) is 5.91 Å². The highest BCUT2D eigenvalue weighted by molar-refractivity contribution is 6.01. The van der Waals surface area contributed by atoms with Gasteiger partial charge in [-0.1, -0.05) is 30.3 Å². The molecule has 1 N–H and O–H groups in total. The van der Waals surface area contributed by atoms with Crippen molar-refractivity contribution in [3.8, 4) is 17.2 Å². The Balaban J connectivity index is 1.17. The number of rotatable bonds is 7. The van der Waals surface area contributed by atoms with Gasteiger partial charge in [0.05, 0.1) is 6.54 Å². The van der Waals surface area contributed by atoms with Crippen molar-refractivity contribution in [3.63, 3.8) is 0 Å². The molecule has 2 aromatic carbocycles. The Bertz CT molecular complexity index is 1200. The molecule has 0 spiro atoms. The monoisotopic (exact) mass is 418 g/mol. The summed E-state index contributed by atoms with van der Waals surface area (Å²) in [6.07, 6.45) is 1.56. The number of hydrogen-bond donors (Lipinski definition) is 1. The Labute approximate surface area is 177 Å². The number of amides is 1. The van der Waals surface area contributed by atoms with Crippen LogP contribution >= 0.6 is 0 Å². The van der Waals surface area contributed by atoms with Crippen molar-refractivity contribution < 1.29 is 23.4 Å². The highest BCUT2D eigenvalue weighted by Gasteiger charge is 2.16. The third kappa shape index (κ3) is 4.35. The molecule has 0 saturated carbocycles. The molecule has 1 aliphatic heterocycles. The molecule has 31 heavy (non-hydrogen) atoms. The highest BCUT2D eigenvalue weighted by Crippen LogP contribution is 2.35. The van der Waals surface area contributed by atoms with Crippen LogP contribution in [0.2, 0.25) is 0 Å². The summed E-state index contributed by atoms with van der Waals surface area (Å²) < 4.78 is 23.5. The molecular formula is C22H18N4O5. The van der Waals surface area contributed by atoms with Crippen molar-refractivity contribution >= 4 is 11.9 Å². The van der Waals surface area contributed by atoms with E-state index in [0.29, 0.717) is 29.6 Å². The fourth-order valence-corrected chi connectivity index (χ4v) is 3.06. The Morgan fingerprint density at radius 3 is 2.84 bits per heavy atom. The van der Waals surface area contributed by atoms with Gasteiger partial charge >= 0.3 is 0 Å². The number of benzene rings is 2. The van der Waals surface area contributed by atoms with Crippen LogP contribution < -0.4 is 19.5 Å².